The minimum Gasteiger partial charge on any atom is -0.484 e. The van der Waals surface area contributed by atoms with Crippen molar-refractivity contribution in [3.05, 3.63) is 48.0 Å². The molecule has 20 heavy (non-hydrogen) atoms. The Hall–Kier alpha value is -2.70. The highest BCUT2D eigenvalue weighted by atomic mass is 19.1. The van der Waals surface area contributed by atoms with Crippen LogP contribution in [0.3, 0.4) is 0 Å². The summed E-state index contributed by atoms with van der Waals surface area (Å²) in [5, 5.41) is 7.72. The molecular formula is C13H13FN4O2. The van der Waals surface area contributed by atoms with E-state index in [0.717, 1.165) is 5.56 Å². The van der Waals surface area contributed by atoms with E-state index in [1.165, 1.54) is 30.5 Å². The first-order valence-electron chi connectivity index (χ1n) is 5.82. The second kappa shape index (κ2) is 6.46. The molecule has 0 aliphatic carbocycles. The van der Waals surface area contributed by atoms with E-state index in [1.807, 2.05) is 0 Å². The summed E-state index contributed by atoms with van der Waals surface area (Å²) in [6.07, 6.45) is 4.85. The summed E-state index contributed by atoms with van der Waals surface area (Å²) in [7, 11) is 1.78. The summed E-state index contributed by atoms with van der Waals surface area (Å²) in [5.41, 5.74) is 3.09. The largest absolute Gasteiger partial charge is 0.484 e. The minimum absolute atomic E-state index is 0.198. The minimum atomic E-state index is -0.408. The van der Waals surface area contributed by atoms with Gasteiger partial charge in [0.1, 0.15) is 11.6 Å². The molecule has 0 atom stereocenters. The number of hydrogen-bond donors (Lipinski definition) is 1. The molecule has 1 aromatic carbocycles. The molecule has 0 bridgehead atoms. The zero-order valence-electron chi connectivity index (χ0n) is 10.8. The highest BCUT2D eigenvalue weighted by Gasteiger charge is 2.01. The number of hydrazone groups is 1. The summed E-state index contributed by atoms with van der Waals surface area (Å²) >= 11 is 0. The number of hydrogen-bond acceptors (Lipinski definition) is 4. The Bertz CT molecular complexity index is 607. The van der Waals surface area contributed by atoms with Crippen molar-refractivity contribution in [3.8, 4) is 5.75 Å². The van der Waals surface area contributed by atoms with Gasteiger partial charge >= 0.3 is 0 Å². The molecule has 1 amide bonds. The van der Waals surface area contributed by atoms with E-state index >= 15 is 0 Å². The first-order valence-corrected chi connectivity index (χ1v) is 5.82. The molecule has 2 aromatic rings. The fourth-order valence-corrected chi connectivity index (χ4v) is 1.40. The predicted octanol–water partition coefficient (Wildman–Crippen LogP) is 1.09. The Morgan fingerprint density at radius 3 is 2.90 bits per heavy atom. The van der Waals surface area contributed by atoms with Gasteiger partial charge in [0.05, 0.1) is 12.4 Å². The summed E-state index contributed by atoms with van der Waals surface area (Å²) in [5.74, 6) is -0.352. The number of halogens is 1. The molecule has 0 saturated heterocycles. The highest BCUT2D eigenvalue weighted by molar-refractivity contribution is 5.82. The SMILES string of the molecule is Cn1cc(/C=N/NC(=O)COc2ccc(F)cc2)cn1. The maximum Gasteiger partial charge on any atom is 0.277 e. The molecule has 6 nitrogen and oxygen atoms in total. The maximum atomic E-state index is 12.7. The molecule has 2 rings (SSSR count). The van der Waals surface area contributed by atoms with Crippen LogP contribution in [0.4, 0.5) is 4.39 Å². The van der Waals surface area contributed by atoms with Crippen molar-refractivity contribution in [2.75, 3.05) is 6.61 Å². The zero-order chi connectivity index (χ0) is 14.4. The number of ether oxygens (including phenoxy) is 1. The van der Waals surface area contributed by atoms with Gasteiger partial charge in [0.25, 0.3) is 5.91 Å². The Balaban J connectivity index is 1.75. The number of rotatable bonds is 5. The van der Waals surface area contributed by atoms with Crippen molar-refractivity contribution < 1.29 is 13.9 Å². The van der Waals surface area contributed by atoms with Gasteiger partial charge in [-0.05, 0) is 24.3 Å². The van der Waals surface area contributed by atoms with Gasteiger partial charge in [-0.25, -0.2) is 9.82 Å². The lowest BCUT2D eigenvalue weighted by molar-refractivity contribution is -0.123. The Morgan fingerprint density at radius 2 is 2.25 bits per heavy atom. The third kappa shape index (κ3) is 4.20. The molecule has 0 aliphatic heterocycles. The first-order chi connectivity index (χ1) is 9.63. The number of nitrogens with one attached hydrogen (secondary N) is 1. The van der Waals surface area contributed by atoms with Crippen LogP contribution in [0.15, 0.2) is 41.8 Å². The topological polar surface area (TPSA) is 68.5 Å². The molecule has 0 radical (unpaired) electrons. The Kier molecular flexibility index (Phi) is 4.43. The van der Waals surface area contributed by atoms with Crippen molar-refractivity contribution in [1.29, 1.82) is 0 Å². The number of carbonyl (C=O) groups is 1. The van der Waals surface area contributed by atoms with E-state index in [4.69, 9.17) is 4.74 Å². The number of amides is 1. The molecule has 0 aliphatic rings. The second-order valence-corrected chi connectivity index (χ2v) is 3.98. The van der Waals surface area contributed by atoms with Gasteiger partial charge in [0, 0.05) is 18.8 Å². The van der Waals surface area contributed by atoms with E-state index < -0.39 is 5.91 Å². The third-order valence-electron chi connectivity index (χ3n) is 2.31. The van der Waals surface area contributed by atoms with Crippen LogP contribution in [0, 0.1) is 5.82 Å². The van der Waals surface area contributed by atoms with E-state index in [0.29, 0.717) is 5.75 Å². The van der Waals surface area contributed by atoms with E-state index in [-0.39, 0.29) is 12.4 Å². The number of carbonyl (C=O) groups excluding carboxylic acids is 1. The van der Waals surface area contributed by atoms with Gasteiger partial charge in [0.2, 0.25) is 0 Å². The molecule has 0 fully saturated rings. The molecule has 1 N–H and O–H groups in total. The lowest BCUT2D eigenvalue weighted by Crippen LogP contribution is -2.24. The predicted molar refractivity (Wildman–Crippen MR) is 70.8 cm³/mol. The van der Waals surface area contributed by atoms with Crippen LogP contribution in [-0.2, 0) is 11.8 Å². The van der Waals surface area contributed by atoms with Crippen LogP contribution in [0.5, 0.6) is 5.75 Å². The lowest BCUT2D eigenvalue weighted by atomic mass is 10.3. The van der Waals surface area contributed by atoms with Crippen LogP contribution >= 0.6 is 0 Å². The molecule has 1 aromatic heterocycles. The standard InChI is InChI=1S/C13H13FN4O2/c1-18-8-10(7-16-18)6-15-17-13(19)9-20-12-4-2-11(14)3-5-12/h2-8H,9H2,1H3,(H,17,19)/b15-6+. The van der Waals surface area contributed by atoms with E-state index in [2.05, 4.69) is 15.6 Å². The van der Waals surface area contributed by atoms with Gasteiger partial charge in [-0.15, -0.1) is 0 Å². The van der Waals surface area contributed by atoms with Gasteiger partial charge in [0.15, 0.2) is 6.61 Å². The van der Waals surface area contributed by atoms with Gasteiger partial charge in [-0.3, -0.25) is 9.48 Å². The number of aryl methyl sites for hydroxylation is 1. The van der Waals surface area contributed by atoms with Gasteiger partial charge in [-0.2, -0.15) is 10.2 Å². The van der Waals surface area contributed by atoms with Crippen molar-refractivity contribution in [2.24, 2.45) is 12.1 Å². The molecule has 7 heteroatoms. The van der Waals surface area contributed by atoms with Crippen LogP contribution in [0.1, 0.15) is 5.56 Å². The maximum absolute atomic E-state index is 12.7. The van der Waals surface area contributed by atoms with Crippen LogP contribution in [-0.4, -0.2) is 28.5 Å². The van der Waals surface area contributed by atoms with Crippen LogP contribution in [0.2, 0.25) is 0 Å². The first kappa shape index (κ1) is 13.7. The third-order valence-corrected chi connectivity index (χ3v) is 2.31. The van der Waals surface area contributed by atoms with Crippen LogP contribution < -0.4 is 10.2 Å². The van der Waals surface area contributed by atoms with E-state index in [1.54, 1.807) is 24.1 Å². The summed E-state index contributed by atoms with van der Waals surface area (Å²) in [6.45, 7) is -0.198. The second-order valence-electron chi connectivity index (χ2n) is 3.98. The summed E-state index contributed by atoms with van der Waals surface area (Å²) < 4.78 is 19.4. The Labute approximate surface area is 114 Å². The molecule has 0 saturated carbocycles. The molecule has 104 valence electrons. The Morgan fingerprint density at radius 1 is 1.50 bits per heavy atom. The molecule has 0 unspecified atom stereocenters. The zero-order valence-corrected chi connectivity index (χ0v) is 10.8. The summed E-state index contributed by atoms with van der Waals surface area (Å²) in [4.78, 5) is 11.4. The van der Waals surface area contributed by atoms with Gasteiger partial charge < -0.3 is 4.74 Å². The molecule has 0 spiro atoms. The lowest BCUT2D eigenvalue weighted by Gasteiger charge is -2.04. The molecular weight excluding hydrogens is 263 g/mol. The fourth-order valence-electron chi connectivity index (χ4n) is 1.40. The van der Waals surface area contributed by atoms with Crippen molar-refractivity contribution in [1.82, 2.24) is 15.2 Å². The van der Waals surface area contributed by atoms with Crippen molar-refractivity contribution in [3.63, 3.8) is 0 Å². The van der Waals surface area contributed by atoms with E-state index in [9.17, 15) is 9.18 Å². The van der Waals surface area contributed by atoms with Gasteiger partial charge in [-0.1, -0.05) is 0 Å². The summed E-state index contributed by atoms with van der Waals surface area (Å²) in [6, 6.07) is 5.41. The average molecular weight is 276 g/mol. The fraction of sp³-hybridized carbons (Fsp3) is 0.154. The monoisotopic (exact) mass is 276 g/mol. The van der Waals surface area contributed by atoms with Crippen molar-refractivity contribution in [2.45, 2.75) is 0 Å². The number of benzene rings is 1. The average Bonchev–Trinajstić information content (AvgIpc) is 2.84. The van der Waals surface area contributed by atoms with Crippen molar-refractivity contribution >= 4 is 12.1 Å². The van der Waals surface area contributed by atoms with Crippen LogP contribution in [0.25, 0.3) is 0 Å². The number of aromatic nitrogens is 2. The molecule has 1 heterocycles. The number of nitrogens with zero attached hydrogens (tertiary/aromatic N) is 3. The normalized spacial score (nSPS) is 10.7. The quantitative estimate of drug-likeness (QED) is 0.656. The highest BCUT2D eigenvalue weighted by Crippen LogP contribution is 2.10. The smallest absolute Gasteiger partial charge is 0.277 e.